The Labute approximate surface area is 139 Å². The highest BCUT2D eigenvalue weighted by molar-refractivity contribution is 6.34. The molecule has 23 heavy (non-hydrogen) atoms. The van der Waals surface area contributed by atoms with Gasteiger partial charge in [0.15, 0.2) is 22.6 Å². The Balaban J connectivity index is 1.72. The van der Waals surface area contributed by atoms with Gasteiger partial charge >= 0.3 is 0 Å². The molecule has 0 unspecified atom stereocenters. The van der Waals surface area contributed by atoms with E-state index in [1.807, 2.05) is 0 Å². The Kier molecular flexibility index (Phi) is 4.18. The average molecular weight is 360 g/mol. The fourth-order valence-corrected chi connectivity index (χ4v) is 2.55. The third-order valence-corrected chi connectivity index (χ3v) is 3.55. The topological polar surface area (TPSA) is 70.2 Å². The van der Waals surface area contributed by atoms with Crippen LogP contribution >= 0.6 is 23.2 Å². The van der Waals surface area contributed by atoms with Crippen molar-refractivity contribution in [3.05, 3.63) is 40.3 Å². The second kappa shape index (κ2) is 6.13. The highest BCUT2D eigenvalue weighted by Gasteiger charge is 2.26. The molecule has 2 N–H and O–H groups in total. The van der Waals surface area contributed by atoms with Crippen LogP contribution in [0.2, 0.25) is 10.4 Å². The summed E-state index contributed by atoms with van der Waals surface area (Å²) in [6, 6.07) is 3.10. The number of carbonyl (C=O) groups is 1. The quantitative estimate of drug-likeness (QED) is 0.651. The predicted octanol–water partition coefficient (Wildman–Crippen LogP) is 2.89. The molecule has 0 bridgehead atoms. The van der Waals surface area contributed by atoms with Gasteiger partial charge in [-0.2, -0.15) is 4.98 Å². The van der Waals surface area contributed by atoms with Crippen LogP contribution in [0.25, 0.3) is 0 Å². The molecule has 6 nitrogen and oxygen atoms in total. The molecule has 3 rings (SSSR count). The normalized spacial score (nSPS) is 12.8. The fraction of sp³-hybridized carbons (Fsp3) is 0.154. The molecule has 1 aliphatic rings. The molecule has 0 radical (unpaired) electrons. The predicted molar refractivity (Wildman–Crippen MR) is 82.9 cm³/mol. The lowest BCUT2D eigenvalue weighted by atomic mass is 10.3. The molecule has 0 fully saturated rings. The smallest absolute Gasteiger partial charge is 0.244 e. The van der Waals surface area contributed by atoms with Crippen molar-refractivity contribution in [2.75, 3.05) is 28.7 Å². The molecular formula is C13H9Cl2F2N5O. The molecule has 1 aromatic heterocycles. The van der Waals surface area contributed by atoms with Gasteiger partial charge in [-0.05, 0) is 23.7 Å². The average Bonchev–Trinajstić information content (AvgIpc) is 2.86. The van der Waals surface area contributed by atoms with E-state index in [9.17, 15) is 13.6 Å². The summed E-state index contributed by atoms with van der Waals surface area (Å²) in [5.74, 6) is -2.06. The number of hydrogen-bond donors (Lipinski definition) is 2. The SMILES string of the molecule is O=C(CN1CNc2c(Cl)nc(Cl)nc21)Nc1ccc(F)c(F)c1. The Morgan fingerprint density at radius 2 is 2.09 bits per heavy atom. The van der Waals surface area contributed by atoms with Crippen molar-refractivity contribution in [2.24, 2.45) is 0 Å². The highest BCUT2D eigenvalue weighted by atomic mass is 35.5. The second-order valence-electron chi connectivity index (χ2n) is 4.69. The number of carbonyl (C=O) groups excluding carboxylic acids is 1. The summed E-state index contributed by atoms with van der Waals surface area (Å²) >= 11 is 11.7. The number of nitrogens with zero attached hydrogens (tertiary/aromatic N) is 3. The number of rotatable bonds is 3. The zero-order chi connectivity index (χ0) is 16.6. The van der Waals surface area contributed by atoms with Gasteiger partial charge in [0.25, 0.3) is 0 Å². The van der Waals surface area contributed by atoms with Gasteiger partial charge in [-0.3, -0.25) is 4.79 Å². The van der Waals surface area contributed by atoms with Crippen LogP contribution in [0.3, 0.4) is 0 Å². The number of halogens is 4. The van der Waals surface area contributed by atoms with Crippen LogP contribution in [-0.4, -0.2) is 29.1 Å². The number of nitrogens with one attached hydrogen (secondary N) is 2. The van der Waals surface area contributed by atoms with Crippen molar-refractivity contribution in [3.63, 3.8) is 0 Å². The van der Waals surface area contributed by atoms with E-state index >= 15 is 0 Å². The number of hydrogen-bond acceptors (Lipinski definition) is 5. The highest BCUT2D eigenvalue weighted by Crippen LogP contribution is 2.35. The van der Waals surface area contributed by atoms with Gasteiger partial charge in [-0.25, -0.2) is 13.8 Å². The van der Waals surface area contributed by atoms with Crippen LogP contribution in [-0.2, 0) is 4.79 Å². The van der Waals surface area contributed by atoms with Crippen molar-refractivity contribution in [2.45, 2.75) is 0 Å². The third kappa shape index (κ3) is 3.27. The van der Waals surface area contributed by atoms with E-state index in [0.717, 1.165) is 12.1 Å². The van der Waals surface area contributed by atoms with Gasteiger partial charge in [-0.1, -0.05) is 11.6 Å². The molecule has 0 aliphatic carbocycles. The van der Waals surface area contributed by atoms with Gasteiger partial charge in [0.1, 0.15) is 12.2 Å². The summed E-state index contributed by atoms with van der Waals surface area (Å²) in [7, 11) is 0. The molecule has 0 saturated carbocycles. The summed E-state index contributed by atoms with van der Waals surface area (Å²) in [6.45, 7) is 0.206. The van der Waals surface area contributed by atoms with Crippen LogP contribution in [0.4, 0.5) is 26.0 Å². The molecule has 0 saturated heterocycles. The number of aromatic nitrogens is 2. The third-order valence-electron chi connectivity index (χ3n) is 3.10. The van der Waals surface area contributed by atoms with Crippen molar-refractivity contribution >= 4 is 46.3 Å². The molecule has 1 aliphatic heterocycles. The van der Waals surface area contributed by atoms with E-state index in [0.29, 0.717) is 11.5 Å². The maximum atomic E-state index is 13.1. The first kappa shape index (κ1) is 15.7. The largest absolute Gasteiger partial charge is 0.362 e. The van der Waals surface area contributed by atoms with Crippen LogP contribution in [0.1, 0.15) is 0 Å². The van der Waals surface area contributed by atoms with Crippen LogP contribution < -0.4 is 15.5 Å². The van der Waals surface area contributed by atoms with Gasteiger partial charge in [0, 0.05) is 11.8 Å². The minimum Gasteiger partial charge on any atom is -0.362 e. The van der Waals surface area contributed by atoms with Crippen molar-refractivity contribution < 1.29 is 13.6 Å². The minimum atomic E-state index is -1.04. The molecule has 0 atom stereocenters. The Morgan fingerprint density at radius 1 is 1.30 bits per heavy atom. The van der Waals surface area contributed by atoms with Gasteiger partial charge in [-0.15, -0.1) is 0 Å². The zero-order valence-electron chi connectivity index (χ0n) is 11.4. The van der Waals surface area contributed by atoms with E-state index in [-0.39, 0.29) is 29.3 Å². The standard InChI is InChI=1S/C13H9Cl2F2N5O/c14-11-10-12(21-13(15)20-11)22(5-18-10)4-9(23)19-6-1-2-7(16)8(17)3-6/h1-3,18H,4-5H2,(H,19,23). The van der Waals surface area contributed by atoms with Gasteiger partial charge in [0.05, 0.1) is 6.67 Å². The maximum Gasteiger partial charge on any atom is 0.244 e. The summed E-state index contributed by atoms with van der Waals surface area (Å²) in [5, 5.41) is 5.54. The lowest BCUT2D eigenvalue weighted by Gasteiger charge is -2.16. The molecule has 2 aromatic rings. The van der Waals surface area contributed by atoms with E-state index in [4.69, 9.17) is 23.2 Å². The van der Waals surface area contributed by atoms with Crippen LogP contribution in [0.5, 0.6) is 0 Å². The lowest BCUT2D eigenvalue weighted by molar-refractivity contribution is -0.115. The molecule has 120 valence electrons. The first-order valence-corrected chi connectivity index (χ1v) is 7.16. The van der Waals surface area contributed by atoms with E-state index in [2.05, 4.69) is 20.6 Å². The summed E-state index contributed by atoms with van der Waals surface area (Å²) in [6.07, 6.45) is 0. The monoisotopic (exact) mass is 359 g/mol. The minimum absolute atomic E-state index is 0.0385. The Morgan fingerprint density at radius 3 is 2.83 bits per heavy atom. The molecule has 10 heteroatoms. The first-order valence-electron chi connectivity index (χ1n) is 6.41. The summed E-state index contributed by atoms with van der Waals surface area (Å²) < 4.78 is 26.0. The number of fused-ring (bicyclic) bond motifs is 1. The Hall–Kier alpha value is -2.19. The summed E-state index contributed by atoms with van der Waals surface area (Å²) in [5.41, 5.74) is 0.636. The van der Waals surface area contributed by atoms with E-state index in [1.165, 1.54) is 6.07 Å². The van der Waals surface area contributed by atoms with Crippen LogP contribution in [0.15, 0.2) is 18.2 Å². The molecule has 1 aromatic carbocycles. The van der Waals surface area contributed by atoms with Crippen LogP contribution in [0, 0.1) is 11.6 Å². The summed E-state index contributed by atoms with van der Waals surface area (Å²) in [4.78, 5) is 21.4. The van der Waals surface area contributed by atoms with E-state index in [1.54, 1.807) is 4.90 Å². The van der Waals surface area contributed by atoms with Gasteiger partial charge in [0.2, 0.25) is 11.2 Å². The molecule has 2 heterocycles. The van der Waals surface area contributed by atoms with Crippen molar-refractivity contribution in [1.82, 2.24) is 9.97 Å². The fourth-order valence-electron chi connectivity index (χ4n) is 2.11. The molecule has 1 amide bonds. The number of amides is 1. The number of benzene rings is 1. The number of anilines is 3. The molecule has 0 spiro atoms. The maximum absolute atomic E-state index is 13.1. The van der Waals surface area contributed by atoms with Gasteiger partial charge < -0.3 is 15.5 Å². The second-order valence-corrected chi connectivity index (χ2v) is 5.39. The lowest BCUT2D eigenvalue weighted by Crippen LogP contribution is -2.33. The van der Waals surface area contributed by atoms with Crippen molar-refractivity contribution in [3.8, 4) is 0 Å². The molecular weight excluding hydrogens is 351 g/mol. The van der Waals surface area contributed by atoms with Crippen molar-refractivity contribution in [1.29, 1.82) is 0 Å². The first-order chi connectivity index (χ1) is 10.9. The Bertz CT molecular complexity index is 789. The van der Waals surface area contributed by atoms with E-state index < -0.39 is 17.5 Å². The zero-order valence-corrected chi connectivity index (χ0v) is 12.9.